The second-order valence-corrected chi connectivity index (χ2v) is 5.22. The Hall–Kier alpha value is -2.54. The largest absolute Gasteiger partial charge is 0.510 e. The monoisotopic (exact) mass is 320 g/mol. The van der Waals surface area contributed by atoms with Crippen molar-refractivity contribution in [1.82, 2.24) is 9.47 Å². The lowest BCUT2D eigenvalue weighted by atomic mass is 10.1. The molecule has 0 bridgehead atoms. The quantitative estimate of drug-likeness (QED) is 0.622. The van der Waals surface area contributed by atoms with Crippen LogP contribution in [0.15, 0.2) is 30.5 Å². The van der Waals surface area contributed by atoms with Crippen molar-refractivity contribution in [2.75, 3.05) is 34.5 Å². The summed E-state index contributed by atoms with van der Waals surface area (Å²) in [4.78, 5) is 25.1. The Morgan fingerprint density at radius 1 is 1.17 bits per heavy atom. The fourth-order valence-corrected chi connectivity index (χ4v) is 2.20. The summed E-state index contributed by atoms with van der Waals surface area (Å²) in [6, 6.07) is 7.59. The van der Waals surface area contributed by atoms with Crippen LogP contribution >= 0.6 is 0 Å². The number of hydrogen-bond acceptors (Lipinski definition) is 6. The molecule has 7 heteroatoms. The zero-order chi connectivity index (χ0) is 16.8. The van der Waals surface area contributed by atoms with E-state index in [9.17, 15) is 9.59 Å². The SMILES string of the molecule is COC(=O)OCOC(=O)n1cc(CCN(C)C)c2ccccc21. The Morgan fingerprint density at radius 2 is 1.91 bits per heavy atom. The van der Waals surface area contributed by atoms with Crippen LogP contribution in [0.1, 0.15) is 5.56 Å². The number of aromatic nitrogens is 1. The Kier molecular flexibility index (Phi) is 5.59. The number of fused-ring (bicyclic) bond motifs is 1. The van der Waals surface area contributed by atoms with Crippen molar-refractivity contribution in [1.29, 1.82) is 0 Å². The number of ether oxygens (including phenoxy) is 3. The van der Waals surface area contributed by atoms with Crippen LogP contribution in [0.4, 0.5) is 9.59 Å². The van der Waals surface area contributed by atoms with Gasteiger partial charge in [0.15, 0.2) is 0 Å². The zero-order valence-electron chi connectivity index (χ0n) is 13.4. The molecule has 0 saturated heterocycles. The minimum atomic E-state index is -0.901. The van der Waals surface area contributed by atoms with Crippen molar-refractivity contribution >= 4 is 23.2 Å². The number of methoxy groups -OCH3 is 1. The van der Waals surface area contributed by atoms with E-state index >= 15 is 0 Å². The summed E-state index contributed by atoms with van der Waals surface area (Å²) in [5, 5.41) is 1.00. The lowest BCUT2D eigenvalue weighted by Gasteiger charge is -2.08. The first-order chi connectivity index (χ1) is 11.0. The van der Waals surface area contributed by atoms with Crippen molar-refractivity contribution in [3.05, 3.63) is 36.0 Å². The topological polar surface area (TPSA) is 70.0 Å². The van der Waals surface area contributed by atoms with E-state index < -0.39 is 19.0 Å². The van der Waals surface area contributed by atoms with Crippen molar-refractivity contribution < 1.29 is 23.8 Å². The van der Waals surface area contributed by atoms with Crippen molar-refractivity contribution in [2.45, 2.75) is 6.42 Å². The number of hydrogen-bond donors (Lipinski definition) is 0. The average molecular weight is 320 g/mol. The normalized spacial score (nSPS) is 10.8. The molecule has 0 spiro atoms. The first-order valence-corrected chi connectivity index (χ1v) is 7.14. The number of para-hydroxylation sites is 1. The van der Waals surface area contributed by atoms with Gasteiger partial charge in [-0.15, -0.1) is 0 Å². The summed E-state index contributed by atoms with van der Waals surface area (Å²) in [6.45, 7) is 0.375. The van der Waals surface area contributed by atoms with E-state index in [1.54, 1.807) is 6.20 Å². The molecule has 2 rings (SSSR count). The minimum absolute atomic E-state index is 0.495. The van der Waals surface area contributed by atoms with Crippen molar-refractivity contribution in [3.63, 3.8) is 0 Å². The van der Waals surface area contributed by atoms with E-state index in [4.69, 9.17) is 4.74 Å². The van der Waals surface area contributed by atoms with Gasteiger partial charge >= 0.3 is 12.2 Å². The fraction of sp³-hybridized carbons (Fsp3) is 0.375. The Labute approximate surface area is 134 Å². The number of carbonyl (C=O) groups excluding carboxylic acids is 2. The van der Waals surface area contributed by atoms with Crippen LogP contribution in [-0.4, -0.2) is 56.3 Å². The third kappa shape index (κ3) is 4.23. The molecule has 124 valence electrons. The van der Waals surface area contributed by atoms with Gasteiger partial charge in [0.2, 0.25) is 6.79 Å². The Balaban J connectivity index is 2.16. The van der Waals surface area contributed by atoms with Gasteiger partial charge in [-0.1, -0.05) is 18.2 Å². The minimum Gasteiger partial charge on any atom is -0.438 e. The molecular formula is C16H20N2O5. The van der Waals surface area contributed by atoms with Crippen LogP contribution in [0.2, 0.25) is 0 Å². The molecule has 2 aromatic rings. The molecule has 0 aliphatic rings. The highest BCUT2D eigenvalue weighted by molar-refractivity contribution is 5.92. The van der Waals surface area contributed by atoms with Crippen LogP contribution in [0, 0.1) is 0 Å². The van der Waals surface area contributed by atoms with Gasteiger partial charge in [0.1, 0.15) is 0 Å². The van der Waals surface area contributed by atoms with Crippen LogP contribution < -0.4 is 0 Å². The van der Waals surface area contributed by atoms with Gasteiger partial charge in [-0.05, 0) is 32.1 Å². The molecule has 23 heavy (non-hydrogen) atoms. The molecule has 1 aromatic carbocycles. The van der Waals surface area contributed by atoms with Gasteiger partial charge in [-0.25, -0.2) is 9.59 Å². The molecule has 0 amide bonds. The summed E-state index contributed by atoms with van der Waals surface area (Å²) in [5.41, 5.74) is 1.81. The first-order valence-electron chi connectivity index (χ1n) is 7.14. The molecule has 0 unspecified atom stereocenters. The summed E-state index contributed by atoms with van der Waals surface area (Å²) in [5.74, 6) is 0. The second-order valence-electron chi connectivity index (χ2n) is 5.22. The highest BCUT2D eigenvalue weighted by Gasteiger charge is 2.15. The van der Waals surface area contributed by atoms with E-state index in [-0.39, 0.29) is 0 Å². The number of carbonyl (C=O) groups is 2. The number of nitrogens with zero attached hydrogens (tertiary/aromatic N) is 2. The number of likely N-dealkylation sites (N-methyl/N-ethyl adjacent to an activating group) is 1. The summed E-state index contributed by atoms with van der Waals surface area (Å²) < 4.78 is 15.2. The molecule has 0 radical (unpaired) electrons. The van der Waals surface area contributed by atoms with Crippen LogP contribution in [0.3, 0.4) is 0 Å². The molecule has 0 saturated carbocycles. The second kappa shape index (κ2) is 7.64. The van der Waals surface area contributed by atoms with Crippen LogP contribution in [0.25, 0.3) is 10.9 Å². The van der Waals surface area contributed by atoms with E-state index in [0.717, 1.165) is 29.4 Å². The predicted octanol–water partition coefficient (Wildman–Crippen LogP) is 2.47. The van der Waals surface area contributed by atoms with Crippen molar-refractivity contribution in [3.8, 4) is 0 Å². The van der Waals surface area contributed by atoms with Gasteiger partial charge in [-0.3, -0.25) is 4.57 Å². The lowest BCUT2D eigenvalue weighted by molar-refractivity contribution is -0.00643. The van der Waals surface area contributed by atoms with Gasteiger partial charge in [0.25, 0.3) is 0 Å². The molecule has 1 heterocycles. The van der Waals surface area contributed by atoms with Crippen LogP contribution in [0.5, 0.6) is 0 Å². The third-order valence-electron chi connectivity index (χ3n) is 3.35. The molecule has 1 aromatic heterocycles. The maximum atomic E-state index is 12.2. The molecule has 0 atom stereocenters. The van der Waals surface area contributed by atoms with Gasteiger partial charge in [0, 0.05) is 18.1 Å². The van der Waals surface area contributed by atoms with Crippen LogP contribution in [-0.2, 0) is 20.6 Å². The lowest BCUT2D eigenvalue weighted by Crippen LogP contribution is -2.17. The number of benzene rings is 1. The third-order valence-corrected chi connectivity index (χ3v) is 3.35. The zero-order valence-corrected chi connectivity index (χ0v) is 13.4. The predicted molar refractivity (Wildman–Crippen MR) is 84.4 cm³/mol. The maximum Gasteiger partial charge on any atom is 0.510 e. The number of rotatable bonds is 5. The van der Waals surface area contributed by atoms with E-state index in [0.29, 0.717) is 0 Å². The van der Waals surface area contributed by atoms with E-state index in [1.165, 1.54) is 11.7 Å². The molecule has 0 fully saturated rings. The summed E-state index contributed by atoms with van der Waals surface area (Å²) in [7, 11) is 5.18. The van der Waals surface area contributed by atoms with Crippen molar-refractivity contribution in [2.24, 2.45) is 0 Å². The molecule has 7 nitrogen and oxygen atoms in total. The fourth-order valence-electron chi connectivity index (χ4n) is 2.20. The Bertz CT molecular complexity index is 693. The maximum absolute atomic E-state index is 12.2. The van der Waals surface area contributed by atoms with Gasteiger partial charge in [0.05, 0.1) is 12.6 Å². The summed E-state index contributed by atoms with van der Waals surface area (Å²) >= 11 is 0. The molecule has 0 aliphatic heterocycles. The van der Waals surface area contributed by atoms with E-state index in [1.807, 2.05) is 38.4 Å². The molecule has 0 N–H and O–H groups in total. The first kappa shape index (κ1) is 16.8. The van der Waals surface area contributed by atoms with E-state index in [2.05, 4.69) is 14.4 Å². The van der Waals surface area contributed by atoms with Gasteiger partial charge < -0.3 is 19.1 Å². The highest BCUT2D eigenvalue weighted by atomic mass is 16.8. The molecule has 0 aliphatic carbocycles. The smallest absolute Gasteiger partial charge is 0.438 e. The van der Waals surface area contributed by atoms with Gasteiger partial charge in [-0.2, -0.15) is 0 Å². The average Bonchev–Trinajstić information content (AvgIpc) is 2.91. The molecular weight excluding hydrogens is 300 g/mol. The highest BCUT2D eigenvalue weighted by Crippen LogP contribution is 2.22. The summed E-state index contributed by atoms with van der Waals surface area (Å²) in [6.07, 6.45) is 1.06. The standard InChI is InChI=1S/C16H20N2O5/c1-17(2)9-8-12-10-18(14-7-5-4-6-13(12)14)15(19)22-11-23-16(20)21-3/h4-7,10H,8-9,11H2,1-3H3. The Morgan fingerprint density at radius 3 is 2.61 bits per heavy atom.